The highest BCUT2D eigenvalue weighted by Gasteiger charge is 2.23. The fourth-order valence-corrected chi connectivity index (χ4v) is 5.00. The first-order chi connectivity index (χ1) is 14.3. The molecule has 2 fully saturated rings. The van der Waals surface area contributed by atoms with Crippen LogP contribution in [0.1, 0.15) is 58.3 Å². The van der Waals surface area contributed by atoms with E-state index in [1.807, 2.05) is 10.9 Å². The first-order valence-corrected chi connectivity index (χ1v) is 12.1. The highest BCUT2D eigenvalue weighted by atomic mass is 32.2. The van der Waals surface area contributed by atoms with Crippen molar-refractivity contribution in [3.8, 4) is 0 Å². The molecular formula is C21H32N6OS. The third-order valence-electron chi connectivity index (χ3n) is 5.90. The third-order valence-corrected chi connectivity index (χ3v) is 6.95. The number of anilines is 1. The van der Waals surface area contributed by atoms with Gasteiger partial charge in [-0.2, -0.15) is 5.10 Å². The summed E-state index contributed by atoms with van der Waals surface area (Å²) in [5.74, 6) is 2.43. The molecule has 1 saturated heterocycles. The van der Waals surface area contributed by atoms with E-state index < -0.39 is 0 Å². The lowest BCUT2D eigenvalue weighted by molar-refractivity contribution is -0.124. The van der Waals surface area contributed by atoms with Crippen molar-refractivity contribution in [2.75, 3.05) is 30.3 Å². The average Bonchev–Trinajstić information content (AvgIpc) is 3.43. The number of hydrogen-bond acceptors (Lipinski definition) is 6. The Kier molecular flexibility index (Phi) is 6.90. The van der Waals surface area contributed by atoms with E-state index in [-0.39, 0.29) is 11.8 Å². The zero-order valence-electron chi connectivity index (χ0n) is 17.4. The molecule has 4 rings (SSSR count). The number of rotatable bonds is 8. The topological polar surface area (TPSA) is 75.9 Å². The zero-order valence-corrected chi connectivity index (χ0v) is 18.2. The minimum absolute atomic E-state index is 0.196. The van der Waals surface area contributed by atoms with E-state index in [1.54, 1.807) is 11.8 Å². The van der Waals surface area contributed by atoms with Crippen LogP contribution < -0.4 is 10.2 Å². The molecule has 0 aromatic carbocycles. The molecule has 1 N–H and O–H groups in total. The van der Waals surface area contributed by atoms with Crippen LogP contribution in [0.3, 0.4) is 0 Å². The van der Waals surface area contributed by atoms with Crippen molar-refractivity contribution in [2.24, 2.45) is 5.92 Å². The highest BCUT2D eigenvalue weighted by molar-refractivity contribution is 7.99. The number of nitrogens with zero attached hydrogens (tertiary/aromatic N) is 5. The number of aromatic nitrogens is 4. The number of nitrogens with one attached hydrogen (secondary N) is 1. The molecule has 158 valence electrons. The first kappa shape index (κ1) is 20.4. The van der Waals surface area contributed by atoms with Crippen LogP contribution in [-0.2, 0) is 11.3 Å². The lowest BCUT2D eigenvalue weighted by Crippen LogP contribution is -2.32. The fraction of sp³-hybridized carbons (Fsp3) is 0.714. The van der Waals surface area contributed by atoms with Crippen LogP contribution >= 0.6 is 11.8 Å². The van der Waals surface area contributed by atoms with Crippen molar-refractivity contribution in [3.05, 3.63) is 6.20 Å². The second kappa shape index (κ2) is 9.78. The van der Waals surface area contributed by atoms with Crippen molar-refractivity contribution < 1.29 is 4.79 Å². The Hall–Kier alpha value is -1.83. The van der Waals surface area contributed by atoms with Crippen molar-refractivity contribution in [1.29, 1.82) is 0 Å². The summed E-state index contributed by atoms with van der Waals surface area (Å²) in [6.07, 6.45) is 11.1. The monoisotopic (exact) mass is 416 g/mol. The van der Waals surface area contributed by atoms with Gasteiger partial charge in [0.2, 0.25) is 5.91 Å². The van der Waals surface area contributed by atoms with E-state index in [1.165, 1.54) is 32.1 Å². The van der Waals surface area contributed by atoms with Crippen LogP contribution in [0.2, 0.25) is 0 Å². The summed E-state index contributed by atoms with van der Waals surface area (Å²) < 4.78 is 1.93. The van der Waals surface area contributed by atoms with E-state index in [2.05, 4.69) is 22.2 Å². The summed E-state index contributed by atoms with van der Waals surface area (Å²) in [5, 5.41) is 9.54. The molecule has 1 saturated carbocycles. The van der Waals surface area contributed by atoms with Crippen molar-refractivity contribution in [1.82, 2.24) is 25.1 Å². The second-order valence-corrected chi connectivity index (χ2v) is 9.17. The van der Waals surface area contributed by atoms with E-state index in [4.69, 9.17) is 9.97 Å². The Bertz CT molecular complexity index is 826. The molecule has 29 heavy (non-hydrogen) atoms. The Labute approximate surface area is 177 Å². The van der Waals surface area contributed by atoms with Gasteiger partial charge in [0.05, 0.1) is 18.1 Å². The smallest absolute Gasteiger partial charge is 0.223 e. The Morgan fingerprint density at radius 3 is 2.72 bits per heavy atom. The van der Waals surface area contributed by atoms with E-state index in [0.717, 1.165) is 60.1 Å². The average molecular weight is 417 g/mol. The quantitative estimate of drug-likeness (QED) is 0.523. The van der Waals surface area contributed by atoms with Gasteiger partial charge in [-0.15, -0.1) is 0 Å². The van der Waals surface area contributed by atoms with Gasteiger partial charge in [0.1, 0.15) is 5.82 Å². The summed E-state index contributed by atoms with van der Waals surface area (Å²) in [5.41, 5.74) is 0.884. The van der Waals surface area contributed by atoms with Gasteiger partial charge >= 0.3 is 0 Å². The summed E-state index contributed by atoms with van der Waals surface area (Å²) in [6.45, 7) is 5.50. The van der Waals surface area contributed by atoms with E-state index >= 15 is 0 Å². The molecule has 0 radical (unpaired) electrons. The standard InChI is InChI=1S/C21H32N6OS/c1-2-14-29-21-24-18(26-11-6-3-7-12-26)17-15-23-27(19(17)25-21)13-10-22-20(28)16-8-4-5-9-16/h15-16H,2-14H2,1H3,(H,22,28). The fourth-order valence-electron chi connectivity index (χ4n) is 4.31. The van der Waals surface area contributed by atoms with Crippen molar-refractivity contribution in [2.45, 2.75) is 70.0 Å². The Morgan fingerprint density at radius 2 is 1.97 bits per heavy atom. The van der Waals surface area contributed by atoms with Gasteiger partial charge in [-0.3, -0.25) is 4.79 Å². The molecular weight excluding hydrogens is 384 g/mol. The summed E-state index contributed by atoms with van der Waals surface area (Å²) in [4.78, 5) is 24.4. The number of thioether (sulfide) groups is 1. The molecule has 7 nitrogen and oxygen atoms in total. The SMILES string of the molecule is CCCSc1nc(N2CCCCC2)c2cnn(CCNC(=O)C3CCCC3)c2n1. The molecule has 1 amide bonds. The molecule has 0 atom stereocenters. The van der Waals surface area contributed by atoms with Gasteiger partial charge in [-0.05, 0) is 38.5 Å². The Morgan fingerprint density at radius 1 is 1.17 bits per heavy atom. The summed E-state index contributed by atoms with van der Waals surface area (Å²) in [6, 6.07) is 0. The largest absolute Gasteiger partial charge is 0.356 e. The molecule has 8 heteroatoms. The minimum atomic E-state index is 0.196. The molecule has 0 unspecified atom stereocenters. The molecule has 1 aliphatic heterocycles. The first-order valence-electron chi connectivity index (χ1n) is 11.1. The van der Waals surface area contributed by atoms with Crippen LogP contribution in [0.15, 0.2) is 11.4 Å². The summed E-state index contributed by atoms with van der Waals surface area (Å²) in [7, 11) is 0. The van der Waals surface area contributed by atoms with Crippen LogP contribution in [0.5, 0.6) is 0 Å². The second-order valence-electron chi connectivity index (χ2n) is 8.10. The normalized spacial score (nSPS) is 17.9. The summed E-state index contributed by atoms with van der Waals surface area (Å²) >= 11 is 1.71. The number of fused-ring (bicyclic) bond motifs is 1. The van der Waals surface area contributed by atoms with E-state index in [9.17, 15) is 4.79 Å². The molecule has 3 heterocycles. The van der Waals surface area contributed by atoms with Crippen molar-refractivity contribution in [3.63, 3.8) is 0 Å². The number of amides is 1. The molecule has 1 aliphatic carbocycles. The maximum Gasteiger partial charge on any atom is 0.223 e. The van der Waals surface area contributed by atoms with Gasteiger partial charge in [-0.1, -0.05) is 31.5 Å². The maximum atomic E-state index is 12.3. The molecule has 0 spiro atoms. The van der Waals surface area contributed by atoms with Crippen molar-refractivity contribution >= 4 is 34.5 Å². The predicted molar refractivity (Wildman–Crippen MR) is 117 cm³/mol. The molecule has 2 aliphatic rings. The highest BCUT2D eigenvalue weighted by Crippen LogP contribution is 2.29. The maximum absolute atomic E-state index is 12.3. The minimum Gasteiger partial charge on any atom is -0.356 e. The lowest BCUT2D eigenvalue weighted by atomic mass is 10.1. The number of hydrogen-bond donors (Lipinski definition) is 1. The third kappa shape index (κ3) is 4.85. The number of carbonyl (C=O) groups excluding carboxylic acids is 1. The number of carbonyl (C=O) groups is 1. The van der Waals surface area contributed by atoms with Crippen LogP contribution in [0, 0.1) is 5.92 Å². The van der Waals surface area contributed by atoms with Crippen LogP contribution in [-0.4, -0.2) is 51.0 Å². The van der Waals surface area contributed by atoms with Crippen LogP contribution in [0.25, 0.3) is 11.0 Å². The zero-order chi connectivity index (χ0) is 20.1. The van der Waals surface area contributed by atoms with Gasteiger partial charge in [-0.25, -0.2) is 14.6 Å². The molecule has 0 bridgehead atoms. The molecule has 2 aromatic heterocycles. The van der Waals surface area contributed by atoms with E-state index in [0.29, 0.717) is 13.1 Å². The van der Waals surface area contributed by atoms with Gasteiger partial charge in [0, 0.05) is 31.3 Å². The van der Waals surface area contributed by atoms with Gasteiger partial charge in [0.15, 0.2) is 10.8 Å². The lowest BCUT2D eigenvalue weighted by Gasteiger charge is -2.28. The van der Waals surface area contributed by atoms with Gasteiger partial charge in [0.25, 0.3) is 0 Å². The van der Waals surface area contributed by atoms with Gasteiger partial charge < -0.3 is 10.2 Å². The number of piperidine rings is 1. The van der Waals surface area contributed by atoms with Crippen LogP contribution in [0.4, 0.5) is 5.82 Å². The predicted octanol–water partition coefficient (Wildman–Crippen LogP) is 3.63. The Balaban J connectivity index is 1.51. The molecule has 2 aromatic rings.